The molecule has 2 fully saturated rings. The molecule has 0 radical (unpaired) electrons. The Morgan fingerprint density at radius 1 is 1.24 bits per heavy atom. The first-order valence-corrected chi connectivity index (χ1v) is 10.6. The van der Waals surface area contributed by atoms with Gasteiger partial charge in [0.1, 0.15) is 0 Å². The van der Waals surface area contributed by atoms with Gasteiger partial charge < -0.3 is 5.32 Å². The van der Waals surface area contributed by atoms with Gasteiger partial charge in [0.05, 0.1) is 15.5 Å². The maximum atomic E-state index is 12.7. The maximum Gasteiger partial charge on any atom is 0.253 e. The molecule has 1 aliphatic heterocycles. The van der Waals surface area contributed by atoms with E-state index in [2.05, 4.69) is 19.2 Å². The number of nitrogens with one attached hydrogen (secondary N) is 1. The second kappa shape index (κ2) is 6.89. The summed E-state index contributed by atoms with van der Waals surface area (Å²) in [6, 6.07) is 4.47. The van der Waals surface area contributed by atoms with Gasteiger partial charge in [-0.25, -0.2) is 8.42 Å². The summed E-state index contributed by atoms with van der Waals surface area (Å²) in [5, 5.41) is 3.31. The van der Waals surface area contributed by atoms with Crippen LogP contribution in [0.1, 0.15) is 56.3 Å². The van der Waals surface area contributed by atoms with E-state index >= 15 is 0 Å². The highest BCUT2D eigenvalue weighted by atomic mass is 35.5. The molecule has 3 rings (SSSR count). The minimum absolute atomic E-state index is 0.0430. The molecule has 1 aromatic carbocycles. The van der Waals surface area contributed by atoms with Gasteiger partial charge in [-0.05, 0) is 49.3 Å². The lowest BCUT2D eigenvalue weighted by Gasteiger charge is -2.28. The molecule has 1 saturated heterocycles. The van der Waals surface area contributed by atoms with Gasteiger partial charge in [-0.15, -0.1) is 0 Å². The number of carbonyl (C=O) groups is 1. The first-order valence-electron chi connectivity index (χ1n) is 8.82. The fraction of sp³-hybridized carbons (Fsp3) is 0.611. The lowest BCUT2D eigenvalue weighted by Crippen LogP contribution is -2.41. The second-order valence-corrected chi connectivity index (χ2v) is 10.0. The number of carbonyl (C=O) groups excluding carboxylic acids is 1. The normalized spacial score (nSPS) is 23.7. The van der Waals surface area contributed by atoms with Gasteiger partial charge in [-0.1, -0.05) is 31.9 Å². The van der Waals surface area contributed by atoms with E-state index in [0.717, 1.165) is 32.1 Å². The molecule has 7 heteroatoms. The average molecular weight is 385 g/mol. The zero-order valence-electron chi connectivity index (χ0n) is 14.7. The predicted molar refractivity (Wildman–Crippen MR) is 98.3 cm³/mol. The van der Waals surface area contributed by atoms with E-state index in [1.165, 1.54) is 22.5 Å². The van der Waals surface area contributed by atoms with E-state index in [1.54, 1.807) is 0 Å². The van der Waals surface area contributed by atoms with E-state index in [1.807, 2.05) is 0 Å². The Bertz CT molecular complexity index is 771. The van der Waals surface area contributed by atoms with E-state index in [0.29, 0.717) is 13.1 Å². The molecule has 138 valence electrons. The van der Waals surface area contributed by atoms with E-state index in [9.17, 15) is 13.2 Å². The summed E-state index contributed by atoms with van der Waals surface area (Å²) in [4.78, 5) is 12.8. The molecule has 1 unspecified atom stereocenters. The van der Waals surface area contributed by atoms with E-state index < -0.39 is 10.0 Å². The van der Waals surface area contributed by atoms with Crippen molar-refractivity contribution in [1.82, 2.24) is 9.62 Å². The Kier molecular flexibility index (Phi) is 5.15. The van der Waals surface area contributed by atoms with Crippen LogP contribution in [0.5, 0.6) is 0 Å². The van der Waals surface area contributed by atoms with Crippen LogP contribution in [-0.2, 0) is 10.0 Å². The van der Waals surface area contributed by atoms with Crippen molar-refractivity contribution in [2.75, 3.05) is 13.1 Å². The summed E-state index contributed by atoms with van der Waals surface area (Å²) in [6.45, 7) is 5.34. The number of amides is 1. The lowest BCUT2D eigenvalue weighted by molar-refractivity contribution is 0.0910. The van der Waals surface area contributed by atoms with Crippen molar-refractivity contribution in [3.8, 4) is 0 Å². The van der Waals surface area contributed by atoms with Crippen molar-refractivity contribution in [3.05, 3.63) is 28.8 Å². The molecule has 25 heavy (non-hydrogen) atoms. The van der Waals surface area contributed by atoms with Gasteiger partial charge in [0, 0.05) is 19.1 Å². The maximum absolute atomic E-state index is 12.7. The van der Waals surface area contributed by atoms with E-state index in [-0.39, 0.29) is 32.8 Å². The molecular formula is C18H25ClN2O3S. The predicted octanol–water partition coefficient (Wildman–Crippen LogP) is 3.43. The molecule has 1 N–H and O–H groups in total. The van der Waals surface area contributed by atoms with Crippen molar-refractivity contribution in [3.63, 3.8) is 0 Å². The Balaban J connectivity index is 1.85. The minimum atomic E-state index is -3.57. The number of nitrogens with zero attached hydrogens (tertiary/aromatic N) is 1. The van der Waals surface area contributed by atoms with E-state index in [4.69, 9.17) is 11.6 Å². The van der Waals surface area contributed by atoms with Gasteiger partial charge in [0.15, 0.2) is 0 Å². The Morgan fingerprint density at radius 3 is 2.52 bits per heavy atom. The quantitative estimate of drug-likeness (QED) is 0.864. The fourth-order valence-electron chi connectivity index (χ4n) is 3.75. The molecule has 1 atom stereocenters. The van der Waals surface area contributed by atoms with Crippen LogP contribution in [-0.4, -0.2) is 37.8 Å². The number of halogens is 1. The SMILES string of the molecule is CC1(C)CCCC1NC(=O)c1cc(S(=O)(=O)N2CCCC2)ccc1Cl. The third-order valence-electron chi connectivity index (χ3n) is 5.45. The largest absolute Gasteiger partial charge is 0.349 e. The topological polar surface area (TPSA) is 66.5 Å². The summed E-state index contributed by atoms with van der Waals surface area (Å²) < 4.78 is 26.9. The second-order valence-electron chi connectivity index (χ2n) is 7.66. The molecule has 2 aliphatic rings. The summed E-state index contributed by atoms with van der Waals surface area (Å²) in [5.74, 6) is -0.302. The van der Waals surface area contributed by atoms with Crippen LogP contribution in [0, 0.1) is 5.41 Å². The van der Waals surface area contributed by atoms with Crippen molar-refractivity contribution in [1.29, 1.82) is 0 Å². The zero-order chi connectivity index (χ0) is 18.2. The lowest BCUT2D eigenvalue weighted by atomic mass is 9.87. The number of hydrogen-bond donors (Lipinski definition) is 1. The Morgan fingerprint density at radius 2 is 1.92 bits per heavy atom. The third kappa shape index (κ3) is 3.71. The molecule has 0 bridgehead atoms. The first kappa shape index (κ1) is 18.7. The fourth-order valence-corrected chi connectivity index (χ4v) is 5.49. The molecule has 0 spiro atoms. The smallest absolute Gasteiger partial charge is 0.253 e. The molecule has 1 saturated carbocycles. The van der Waals surface area contributed by atoms with Crippen LogP contribution in [0.4, 0.5) is 0 Å². The van der Waals surface area contributed by atoms with Crippen LogP contribution in [0.25, 0.3) is 0 Å². The minimum Gasteiger partial charge on any atom is -0.349 e. The third-order valence-corrected chi connectivity index (χ3v) is 7.67. The van der Waals surface area contributed by atoms with Crippen LogP contribution in [0.2, 0.25) is 5.02 Å². The van der Waals surface area contributed by atoms with Gasteiger partial charge in [-0.3, -0.25) is 4.79 Å². The number of hydrogen-bond acceptors (Lipinski definition) is 3. The van der Waals surface area contributed by atoms with Crippen molar-refractivity contribution < 1.29 is 13.2 Å². The summed E-state index contributed by atoms with van der Waals surface area (Å²) >= 11 is 6.19. The highest BCUT2D eigenvalue weighted by Gasteiger charge is 2.36. The van der Waals surface area contributed by atoms with Crippen molar-refractivity contribution in [2.24, 2.45) is 5.41 Å². The van der Waals surface area contributed by atoms with Crippen molar-refractivity contribution in [2.45, 2.75) is 56.9 Å². The Labute approximate surface area is 154 Å². The summed E-state index contributed by atoms with van der Waals surface area (Å²) in [5.41, 5.74) is 0.270. The molecule has 1 aromatic rings. The molecule has 1 heterocycles. The monoisotopic (exact) mass is 384 g/mol. The molecule has 1 amide bonds. The van der Waals surface area contributed by atoms with Crippen LogP contribution < -0.4 is 5.32 Å². The number of sulfonamides is 1. The number of rotatable bonds is 4. The van der Waals surface area contributed by atoms with Crippen LogP contribution >= 0.6 is 11.6 Å². The highest BCUT2D eigenvalue weighted by molar-refractivity contribution is 7.89. The first-order chi connectivity index (χ1) is 11.7. The summed E-state index contributed by atoms with van der Waals surface area (Å²) in [6.07, 6.45) is 4.82. The van der Waals surface area contributed by atoms with Crippen LogP contribution in [0.15, 0.2) is 23.1 Å². The molecule has 5 nitrogen and oxygen atoms in total. The van der Waals surface area contributed by atoms with Crippen molar-refractivity contribution >= 4 is 27.5 Å². The van der Waals surface area contributed by atoms with Gasteiger partial charge >= 0.3 is 0 Å². The molecule has 0 aromatic heterocycles. The average Bonchev–Trinajstić information content (AvgIpc) is 3.18. The standard InChI is InChI=1S/C18H25ClN2O3S/c1-18(2)9-5-6-16(18)20-17(22)14-12-13(7-8-15(14)19)25(23,24)21-10-3-4-11-21/h7-8,12,16H,3-6,9-11H2,1-2H3,(H,20,22). The zero-order valence-corrected chi connectivity index (χ0v) is 16.3. The van der Waals surface area contributed by atoms with Gasteiger partial charge in [0.25, 0.3) is 5.91 Å². The molecular weight excluding hydrogens is 360 g/mol. The Hall–Kier alpha value is -1.11. The summed E-state index contributed by atoms with van der Waals surface area (Å²) in [7, 11) is -3.57. The molecule has 1 aliphatic carbocycles. The van der Waals surface area contributed by atoms with Gasteiger partial charge in [0.2, 0.25) is 10.0 Å². The number of benzene rings is 1. The highest BCUT2D eigenvalue weighted by Crippen LogP contribution is 2.37. The van der Waals surface area contributed by atoms with Crippen LogP contribution in [0.3, 0.4) is 0 Å². The van der Waals surface area contributed by atoms with Gasteiger partial charge in [-0.2, -0.15) is 4.31 Å².